The molecule has 1 aliphatic carbocycles. The lowest BCUT2D eigenvalue weighted by molar-refractivity contribution is 0.277. The van der Waals surface area contributed by atoms with Gasteiger partial charge in [-0.05, 0) is 32.6 Å². The molecule has 3 N–H and O–H groups in total. The molecule has 0 amide bonds. The second kappa shape index (κ2) is 7.76. The van der Waals surface area contributed by atoms with Gasteiger partial charge in [-0.2, -0.15) is 0 Å². The van der Waals surface area contributed by atoms with Gasteiger partial charge in [0.05, 0.1) is 12.3 Å². The number of aromatic hydroxyl groups is 1. The molecule has 0 bridgehead atoms. The molecule has 21 heavy (non-hydrogen) atoms. The van der Waals surface area contributed by atoms with Crippen LogP contribution in [0.3, 0.4) is 0 Å². The summed E-state index contributed by atoms with van der Waals surface area (Å²) in [4.78, 5) is 4.10. The van der Waals surface area contributed by atoms with E-state index in [2.05, 4.69) is 17.2 Å². The Balaban J connectivity index is 2.00. The van der Waals surface area contributed by atoms with Crippen LogP contribution in [0.2, 0.25) is 0 Å². The summed E-state index contributed by atoms with van der Waals surface area (Å²) in [5, 5.41) is 23.1. The number of pyridine rings is 1. The predicted octanol–water partition coefficient (Wildman–Crippen LogP) is 3.04. The zero-order valence-corrected chi connectivity index (χ0v) is 13.2. The highest BCUT2D eigenvalue weighted by atomic mass is 16.3. The number of aryl methyl sites for hydroxylation is 1. The fourth-order valence-electron chi connectivity index (χ4n) is 3.26. The third-order valence-corrected chi connectivity index (χ3v) is 4.81. The number of nitrogens with zero attached hydrogens (tertiary/aromatic N) is 1. The van der Waals surface area contributed by atoms with Crippen molar-refractivity contribution in [2.45, 2.75) is 71.6 Å². The van der Waals surface area contributed by atoms with Crippen molar-refractivity contribution in [1.82, 2.24) is 10.3 Å². The first-order valence-corrected chi connectivity index (χ1v) is 8.14. The largest absolute Gasteiger partial charge is 0.506 e. The Morgan fingerprint density at radius 2 is 1.95 bits per heavy atom. The molecule has 0 saturated heterocycles. The first kappa shape index (κ1) is 16.2. The molecular formula is C17H28N2O2. The smallest absolute Gasteiger partial charge is 0.141 e. The molecule has 1 aromatic rings. The van der Waals surface area contributed by atoms with Gasteiger partial charge in [0.1, 0.15) is 5.75 Å². The van der Waals surface area contributed by atoms with Crippen molar-refractivity contribution in [2.75, 3.05) is 0 Å². The average molecular weight is 292 g/mol. The monoisotopic (exact) mass is 292 g/mol. The number of aromatic nitrogens is 1. The molecule has 0 unspecified atom stereocenters. The molecule has 1 aromatic heterocycles. The van der Waals surface area contributed by atoms with Crippen molar-refractivity contribution >= 4 is 0 Å². The summed E-state index contributed by atoms with van der Waals surface area (Å²) in [6, 6.07) is 0.433. The fraction of sp³-hybridized carbons (Fsp3) is 0.706. The van der Waals surface area contributed by atoms with E-state index in [1.807, 2.05) is 0 Å². The number of rotatable bonds is 5. The lowest BCUT2D eigenvalue weighted by Crippen LogP contribution is -2.33. The van der Waals surface area contributed by atoms with Gasteiger partial charge in [0, 0.05) is 29.9 Å². The van der Waals surface area contributed by atoms with Gasteiger partial charge in [0.2, 0.25) is 0 Å². The van der Waals surface area contributed by atoms with Crippen molar-refractivity contribution in [3.63, 3.8) is 0 Å². The molecule has 0 radical (unpaired) electrons. The van der Waals surface area contributed by atoms with Crippen molar-refractivity contribution in [1.29, 1.82) is 0 Å². The highest BCUT2D eigenvalue weighted by Crippen LogP contribution is 2.27. The van der Waals surface area contributed by atoms with Gasteiger partial charge in [0.25, 0.3) is 0 Å². The molecule has 0 spiro atoms. The summed E-state index contributed by atoms with van der Waals surface area (Å²) in [5.74, 6) is 0.928. The van der Waals surface area contributed by atoms with Crippen LogP contribution in [0.4, 0.5) is 0 Å². The molecule has 0 aromatic carbocycles. The molecule has 1 atom stereocenters. The summed E-state index contributed by atoms with van der Waals surface area (Å²) < 4.78 is 0. The van der Waals surface area contributed by atoms with Crippen LogP contribution in [-0.2, 0) is 13.2 Å². The van der Waals surface area contributed by atoms with E-state index >= 15 is 0 Å². The number of aliphatic hydroxyl groups is 1. The van der Waals surface area contributed by atoms with Crippen LogP contribution in [0.15, 0.2) is 6.20 Å². The average Bonchev–Trinajstić information content (AvgIpc) is 2.77. The van der Waals surface area contributed by atoms with Crippen molar-refractivity contribution in [3.8, 4) is 5.75 Å². The maximum Gasteiger partial charge on any atom is 0.141 e. The topological polar surface area (TPSA) is 65.4 Å². The maximum atomic E-state index is 10.2. The highest BCUT2D eigenvalue weighted by molar-refractivity contribution is 5.40. The standard InChI is InChI=1S/C17H28N2O2/c1-12(14-7-5-3-4-6-8-14)19-10-16-15(11-20)9-18-13(2)17(16)21/h9,12,14,19-21H,3-8,10-11H2,1-2H3/t12-/m0/s1. The van der Waals surface area contributed by atoms with E-state index in [4.69, 9.17) is 0 Å². The Morgan fingerprint density at radius 1 is 1.29 bits per heavy atom. The van der Waals surface area contributed by atoms with E-state index < -0.39 is 0 Å². The van der Waals surface area contributed by atoms with Gasteiger partial charge < -0.3 is 15.5 Å². The molecule has 1 heterocycles. The minimum atomic E-state index is -0.0876. The van der Waals surface area contributed by atoms with E-state index in [0.29, 0.717) is 23.8 Å². The van der Waals surface area contributed by atoms with Gasteiger partial charge in [-0.3, -0.25) is 4.98 Å². The lowest BCUT2D eigenvalue weighted by atomic mass is 9.92. The summed E-state index contributed by atoms with van der Waals surface area (Å²) in [6.07, 6.45) is 9.63. The molecular weight excluding hydrogens is 264 g/mol. The normalized spacial score (nSPS) is 18.4. The van der Waals surface area contributed by atoms with Gasteiger partial charge in [-0.25, -0.2) is 0 Å². The third-order valence-electron chi connectivity index (χ3n) is 4.81. The van der Waals surface area contributed by atoms with Crippen LogP contribution in [-0.4, -0.2) is 21.2 Å². The Morgan fingerprint density at radius 3 is 2.57 bits per heavy atom. The number of aliphatic hydroxyl groups excluding tert-OH is 1. The van der Waals surface area contributed by atoms with Crippen LogP contribution in [0.1, 0.15) is 62.3 Å². The molecule has 4 heteroatoms. The SMILES string of the molecule is Cc1ncc(CO)c(CN[C@@H](C)C2CCCCCC2)c1O. The molecule has 118 valence electrons. The molecule has 1 fully saturated rings. The van der Waals surface area contributed by atoms with Crippen LogP contribution in [0.5, 0.6) is 5.75 Å². The van der Waals surface area contributed by atoms with Crippen molar-refractivity contribution < 1.29 is 10.2 Å². The third kappa shape index (κ3) is 4.17. The number of hydrogen-bond donors (Lipinski definition) is 3. The lowest BCUT2D eigenvalue weighted by Gasteiger charge is -2.24. The quantitative estimate of drug-likeness (QED) is 0.730. The Labute approximate surface area is 127 Å². The Bertz CT molecular complexity index is 454. The van der Waals surface area contributed by atoms with Crippen LogP contribution < -0.4 is 5.32 Å². The zero-order valence-electron chi connectivity index (χ0n) is 13.2. The molecule has 0 aliphatic heterocycles. The predicted molar refractivity (Wildman–Crippen MR) is 84.1 cm³/mol. The summed E-state index contributed by atoms with van der Waals surface area (Å²) in [6.45, 7) is 4.52. The Hall–Kier alpha value is -1.13. The van der Waals surface area contributed by atoms with Crippen LogP contribution >= 0.6 is 0 Å². The number of nitrogens with one attached hydrogen (secondary N) is 1. The molecule has 1 aliphatic rings. The van der Waals surface area contributed by atoms with Gasteiger partial charge >= 0.3 is 0 Å². The van der Waals surface area contributed by atoms with Gasteiger partial charge in [-0.15, -0.1) is 0 Å². The molecule has 2 rings (SSSR count). The summed E-state index contributed by atoms with van der Waals surface area (Å²) in [5.41, 5.74) is 2.11. The minimum absolute atomic E-state index is 0.0876. The minimum Gasteiger partial charge on any atom is -0.506 e. The Kier molecular flexibility index (Phi) is 6.00. The summed E-state index contributed by atoms with van der Waals surface area (Å²) in [7, 11) is 0. The van der Waals surface area contributed by atoms with E-state index in [0.717, 1.165) is 11.5 Å². The van der Waals surface area contributed by atoms with Crippen molar-refractivity contribution in [3.05, 3.63) is 23.0 Å². The van der Waals surface area contributed by atoms with E-state index in [9.17, 15) is 10.2 Å². The van der Waals surface area contributed by atoms with Crippen LogP contribution in [0.25, 0.3) is 0 Å². The van der Waals surface area contributed by atoms with E-state index in [1.54, 1.807) is 13.1 Å². The summed E-state index contributed by atoms with van der Waals surface area (Å²) >= 11 is 0. The molecule has 4 nitrogen and oxygen atoms in total. The first-order valence-electron chi connectivity index (χ1n) is 8.14. The first-order chi connectivity index (χ1) is 10.1. The second-order valence-corrected chi connectivity index (χ2v) is 6.28. The van der Waals surface area contributed by atoms with Crippen LogP contribution in [0, 0.1) is 12.8 Å². The second-order valence-electron chi connectivity index (χ2n) is 6.28. The van der Waals surface area contributed by atoms with Gasteiger partial charge in [-0.1, -0.05) is 25.7 Å². The fourth-order valence-corrected chi connectivity index (χ4v) is 3.26. The highest BCUT2D eigenvalue weighted by Gasteiger charge is 2.20. The van der Waals surface area contributed by atoms with Gasteiger partial charge in [0.15, 0.2) is 0 Å². The number of hydrogen-bond acceptors (Lipinski definition) is 4. The van der Waals surface area contributed by atoms with E-state index in [-0.39, 0.29) is 12.4 Å². The maximum absolute atomic E-state index is 10.2. The zero-order chi connectivity index (χ0) is 15.2. The molecule has 1 saturated carbocycles. The van der Waals surface area contributed by atoms with E-state index in [1.165, 1.54) is 38.5 Å². The van der Waals surface area contributed by atoms with Crippen molar-refractivity contribution in [2.24, 2.45) is 5.92 Å².